The fourth-order valence-electron chi connectivity index (χ4n) is 3.38. The molecule has 0 aliphatic heterocycles. The summed E-state index contributed by atoms with van der Waals surface area (Å²) in [7, 11) is 0. The Bertz CT molecular complexity index is 1340. The van der Waals surface area contributed by atoms with Gasteiger partial charge in [0.1, 0.15) is 17.5 Å². The van der Waals surface area contributed by atoms with Crippen LogP contribution in [0.1, 0.15) is 16.1 Å². The Hall–Kier alpha value is -3.22. The second-order valence-electron chi connectivity index (χ2n) is 6.81. The number of hydrogen-bond acceptors (Lipinski definition) is 2. The number of hydrogen-bond donors (Lipinski definition) is 1. The van der Waals surface area contributed by atoms with Crippen molar-refractivity contribution in [3.05, 3.63) is 93.6 Å². The highest BCUT2D eigenvalue weighted by Crippen LogP contribution is 2.37. The average Bonchev–Trinajstić information content (AvgIpc) is 3.12. The Morgan fingerprint density at radius 3 is 2.39 bits per heavy atom. The number of carbonyl (C=O) groups is 1. The standard InChI is InChI=1S/C23H14Cl2F2N2O2/c1-12-4-2-3-5-15(12)22-28-20(23(30)31)21(13-6-8-17(26)16(25)10-13)29(22)19-11-14(24)7-9-18(19)27/h2-11H,1H3,(H,30,31). The topological polar surface area (TPSA) is 55.1 Å². The van der Waals surface area contributed by atoms with Crippen molar-refractivity contribution in [2.45, 2.75) is 6.92 Å². The molecule has 31 heavy (non-hydrogen) atoms. The summed E-state index contributed by atoms with van der Waals surface area (Å²) >= 11 is 12.1. The second-order valence-corrected chi connectivity index (χ2v) is 7.66. The zero-order chi connectivity index (χ0) is 22.3. The van der Waals surface area contributed by atoms with Crippen molar-refractivity contribution in [1.82, 2.24) is 9.55 Å². The van der Waals surface area contributed by atoms with Crippen molar-refractivity contribution in [3.63, 3.8) is 0 Å². The first-order valence-electron chi connectivity index (χ1n) is 9.11. The molecule has 0 spiro atoms. The van der Waals surface area contributed by atoms with Crippen molar-refractivity contribution < 1.29 is 18.7 Å². The lowest BCUT2D eigenvalue weighted by molar-refractivity contribution is 0.0692. The molecule has 3 aromatic carbocycles. The lowest BCUT2D eigenvalue weighted by Crippen LogP contribution is -2.05. The molecular formula is C23H14Cl2F2N2O2. The van der Waals surface area contributed by atoms with Crippen molar-refractivity contribution >= 4 is 29.2 Å². The van der Waals surface area contributed by atoms with E-state index in [-0.39, 0.29) is 38.5 Å². The van der Waals surface area contributed by atoms with Crippen molar-refractivity contribution in [2.24, 2.45) is 0 Å². The molecule has 0 aliphatic carbocycles. The Morgan fingerprint density at radius 1 is 1.00 bits per heavy atom. The fraction of sp³-hybridized carbons (Fsp3) is 0.0435. The third kappa shape index (κ3) is 3.80. The molecule has 156 valence electrons. The lowest BCUT2D eigenvalue weighted by Gasteiger charge is -2.15. The predicted molar refractivity (Wildman–Crippen MR) is 116 cm³/mol. The highest BCUT2D eigenvalue weighted by molar-refractivity contribution is 6.31. The number of aromatic nitrogens is 2. The highest BCUT2D eigenvalue weighted by Gasteiger charge is 2.27. The minimum Gasteiger partial charge on any atom is -0.476 e. The Labute approximate surface area is 186 Å². The fourth-order valence-corrected chi connectivity index (χ4v) is 3.72. The first kappa shape index (κ1) is 21.0. The van der Waals surface area contributed by atoms with Crippen LogP contribution in [-0.4, -0.2) is 20.6 Å². The van der Waals surface area contributed by atoms with E-state index in [1.54, 1.807) is 12.1 Å². The van der Waals surface area contributed by atoms with Gasteiger partial charge in [0.25, 0.3) is 0 Å². The minimum absolute atomic E-state index is 0.00111. The number of aromatic carboxylic acids is 1. The van der Waals surface area contributed by atoms with E-state index >= 15 is 0 Å². The molecule has 4 rings (SSSR count). The number of nitrogens with zero attached hydrogens (tertiary/aromatic N) is 2. The monoisotopic (exact) mass is 458 g/mol. The Morgan fingerprint density at radius 2 is 1.71 bits per heavy atom. The molecule has 0 bridgehead atoms. The molecule has 1 heterocycles. The number of benzene rings is 3. The van der Waals surface area contributed by atoms with E-state index in [0.29, 0.717) is 5.56 Å². The van der Waals surface area contributed by atoms with Crippen LogP contribution in [0.3, 0.4) is 0 Å². The van der Waals surface area contributed by atoms with Crippen LogP contribution in [0.5, 0.6) is 0 Å². The van der Waals surface area contributed by atoms with Crippen LogP contribution < -0.4 is 0 Å². The minimum atomic E-state index is -1.33. The van der Waals surface area contributed by atoms with Crippen LogP contribution in [0, 0.1) is 18.6 Å². The Kier molecular flexibility index (Phi) is 5.52. The quantitative estimate of drug-likeness (QED) is 0.365. The van der Waals surface area contributed by atoms with Crippen molar-refractivity contribution in [1.29, 1.82) is 0 Å². The van der Waals surface area contributed by atoms with Crippen LogP contribution in [0.15, 0.2) is 60.7 Å². The lowest BCUT2D eigenvalue weighted by atomic mass is 10.1. The first-order chi connectivity index (χ1) is 14.8. The normalized spacial score (nSPS) is 11.0. The molecular weight excluding hydrogens is 445 g/mol. The van der Waals surface area contributed by atoms with E-state index in [4.69, 9.17) is 23.2 Å². The third-order valence-corrected chi connectivity index (χ3v) is 5.33. The molecule has 4 nitrogen and oxygen atoms in total. The summed E-state index contributed by atoms with van der Waals surface area (Å²) in [5, 5.41) is 9.92. The first-order valence-corrected chi connectivity index (χ1v) is 9.86. The molecule has 0 fully saturated rings. The SMILES string of the molecule is Cc1ccccc1-c1nc(C(=O)O)c(-c2ccc(F)c(Cl)c2)n1-c1cc(Cl)ccc1F. The van der Waals surface area contributed by atoms with Gasteiger partial charge in [-0.1, -0.05) is 47.5 Å². The molecule has 8 heteroatoms. The summed E-state index contributed by atoms with van der Waals surface area (Å²) in [5.41, 5.74) is 1.38. The van der Waals surface area contributed by atoms with Gasteiger partial charge in [-0.2, -0.15) is 0 Å². The average molecular weight is 459 g/mol. The molecule has 0 amide bonds. The molecule has 0 unspecified atom stereocenters. The zero-order valence-electron chi connectivity index (χ0n) is 16.0. The van der Waals surface area contributed by atoms with E-state index in [1.807, 2.05) is 19.1 Å². The molecule has 0 atom stereocenters. The number of carboxylic acid groups (broad SMARTS) is 1. The summed E-state index contributed by atoms with van der Waals surface area (Å²) in [5.74, 6) is -2.43. The van der Waals surface area contributed by atoms with E-state index in [9.17, 15) is 18.7 Å². The summed E-state index contributed by atoms with van der Waals surface area (Å²) in [6.07, 6.45) is 0. The van der Waals surface area contributed by atoms with Gasteiger partial charge in [-0.3, -0.25) is 4.57 Å². The van der Waals surface area contributed by atoms with Crippen LogP contribution in [-0.2, 0) is 0 Å². The van der Waals surface area contributed by atoms with Gasteiger partial charge in [0.2, 0.25) is 0 Å². The van der Waals surface area contributed by atoms with Crippen molar-refractivity contribution in [3.8, 4) is 28.3 Å². The maximum Gasteiger partial charge on any atom is 0.356 e. The molecule has 1 aromatic heterocycles. The number of aryl methyl sites for hydroxylation is 1. The zero-order valence-corrected chi connectivity index (χ0v) is 17.5. The number of imidazole rings is 1. The van der Waals surface area contributed by atoms with E-state index in [1.165, 1.54) is 34.9 Å². The predicted octanol–water partition coefficient (Wildman–Crippen LogP) is 6.80. The highest BCUT2D eigenvalue weighted by atomic mass is 35.5. The maximum atomic E-state index is 15.0. The summed E-state index contributed by atoms with van der Waals surface area (Å²) in [6.45, 7) is 1.83. The smallest absolute Gasteiger partial charge is 0.356 e. The van der Waals surface area contributed by atoms with Crippen LogP contribution >= 0.6 is 23.2 Å². The van der Waals surface area contributed by atoms with Gasteiger partial charge in [0.15, 0.2) is 5.69 Å². The van der Waals surface area contributed by atoms with Gasteiger partial charge < -0.3 is 5.11 Å². The van der Waals surface area contributed by atoms with Gasteiger partial charge in [-0.15, -0.1) is 0 Å². The van der Waals surface area contributed by atoms with E-state index in [2.05, 4.69) is 4.98 Å². The van der Waals surface area contributed by atoms with Gasteiger partial charge in [-0.05, 0) is 48.9 Å². The summed E-state index contributed by atoms with van der Waals surface area (Å²) in [4.78, 5) is 16.4. The molecule has 0 saturated heterocycles. The molecule has 0 aliphatic rings. The van der Waals surface area contributed by atoms with E-state index in [0.717, 1.165) is 11.6 Å². The maximum absolute atomic E-state index is 15.0. The molecule has 1 N–H and O–H groups in total. The Balaban J connectivity index is 2.17. The largest absolute Gasteiger partial charge is 0.476 e. The second kappa shape index (κ2) is 8.13. The summed E-state index contributed by atoms with van der Waals surface area (Å²) < 4.78 is 30.1. The number of halogens is 4. The van der Waals surface area contributed by atoms with Crippen molar-refractivity contribution in [2.75, 3.05) is 0 Å². The van der Waals surface area contributed by atoms with E-state index < -0.39 is 17.6 Å². The van der Waals surface area contributed by atoms with Gasteiger partial charge in [0.05, 0.1) is 16.4 Å². The molecule has 0 saturated carbocycles. The summed E-state index contributed by atoms with van der Waals surface area (Å²) in [6, 6.07) is 14.9. The van der Waals surface area contributed by atoms with Crippen LogP contribution in [0.2, 0.25) is 10.0 Å². The van der Waals surface area contributed by atoms with Gasteiger partial charge in [-0.25, -0.2) is 18.6 Å². The van der Waals surface area contributed by atoms with Crippen LogP contribution in [0.25, 0.3) is 28.3 Å². The van der Waals surface area contributed by atoms with Gasteiger partial charge >= 0.3 is 5.97 Å². The van der Waals surface area contributed by atoms with Gasteiger partial charge in [0, 0.05) is 16.1 Å². The number of rotatable bonds is 4. The van der Waals surface area contributed by atoms with Crippen LogP contribution in [0.4, 0.5) is 8.78 Å². The number of carboxylic acids is 1. The molecule has 4 aromatic rings. The third-order valence-electron chi connectivity index (χ3n) is 4.81. The molecule has 0 radical (unpaired) electrons.